The van der Waals surface area contributed by atoms with E-state index in [0.717, 1.165) is 11.0 Å². The molecule has 0 fully saturated rings. The highest BCUT2D eigenvalue weighted by molar-refractivity contribution is 5.79. The van der Waals surface area contributed by atoms with Gasteiger partial charge in [-0.25, -0.2) is 18.3 Å². The molecule has 0 amide bonds. The first kappa shape index (κ1) is 11.1. The molecule has 0 atom stereocenters. The second-order valence-electron chi connectivity index (χ2n) is 4.40. The minimum atomic E-state index is -0.661. The van der Waals surface area contributed by atoms with Crippen LogP contribution >= 0.6 is 0 Å². The minimum absolute atomic E-state index is 0.119. The number of halogens is 2. The number of rotatable bonds is 1. The first-order valence-electron chi connectivity index (χ1n) is 6.01. The Hall–Kier alpha value is -2.76. The van der Waals surface area contributed by atoms with Crippen molar-refractivity contribution >= 4 is 16.8 Å². The lowest BCUT2D eigenvalue weighted by molar-refractivity contribution is 0.587. The van der Waals surface area contributed by atoms with E-state index in [0.29, 0.717) is 5.78 Å². The lowest BCUT2D eigenvalue weighted by Crippen LogP contribution is -1.92. The van der Waals surface area contributed by atoms with Crippen LogP contribution < -0.4 is 0 Å². The van der Waals surface area contributed by atoms with Gasteiger partial charge in [-0.15, -0.1) is 0 Å². The van der Waals surface area contributed by atoms with Crippen molar-refractivity contribution in [1.29, 1.82) is 0 Å². The largest absolute Gasteiger partial charge is 0.273 e. The van der Waals surface area contributed by atoms with E-state index >= 15 is 0 Å². The van der Waals surface area contributed by atoms with Crippen LogP contribution in [-0.4, -0.2) is 19.6 Å². The van der Waals surface area contributed by atoms with Crippen LogP contribution in [0, 0.1) is 11.6 Å². The lowest BCUT2D eigenvalue weighted by atomic mass is 10.2. The van der Waals surface area contributed by atoms with Gasteiger partial charge in [0, 0.05) is 0 Å². The summed E-state index contributed by atoms with van der Waals surface area (Å²) < 4.78 is 29.1. The van der Waals surface area contributed by atoms with Crippen LogP contribution in [0.2, 0.25) is 0 Å². The average molecular weight is 270 g/mol. The third-order valence-corrected chi connectivity index (χ3v) is 3.17. The highest BCUT2D eigenvalue weighted by Gasteiger charge is 2.16. The molecule has 4 nitrogen and oxygen atoms in total. The van der Waals surface area contributed by atoms with E-state index in [1.807, 2.05) is 24.3 Å². The van der Waals surface area contributed by atoms with Crippen LogP contribution in [0.1, 0.15) is 0 Å². The number of hydrogen-bond acceptors (Lipinski definition) is 2. The van der Waals surface area contributed by atoms with Gasteiger partial charge < -0.3 is 0 Å². The van der Waals surface area contributed by atoms with Crippen LogP contribution in [0.25, 0.3) is 28.2 Å². The fraction of sp³-hybridized carbons (Fsp3) is 0. The van der Waals surface area contributed by atoms with Crippen LogP contribution in [0.15, 0.2) is 42.5 Å². The molecule has 0 saturated heterocycles. The van der Waals surface area contributed by atoms with Crippen molar-refractivity contribution in [1.82, 2.24) is 19.6 Å². The van der Waals surface area contributed by atoms with Gasteiger partial charge in [0.25, 0.3) is 5.78 Å². The Labute approximate surface area is 111 Å². The highest BCUT2D eigenvalue weighted by Crippen LogP contribution is 2.24. The average Bonchev–Trinajstić information content (AvgIpc) is 2.96. The van der Waals surface area contributed by atoms with Gasteiger partial charge in [-0.3, -0.25) is 5.10 Å². The fourth-order valence-electron chi connectivity index (χ4n) is 2.27. The second kappa shape index (κ2) is 3.86. The van der Waals surface area contributed by atoms with Crippen molar-refractivity contribution in [3.63, 3.8) is 0 Å². The Kier molecular flexibility index (Phi) is 2.14. The van der Waals surface area contributed by atoms with Gasteiger partial charge in [-0.05, 0) is 24.3 Å². The van der Waals surface area contributed by atoms with Gasteiger partial charge in [-0.1, -0.05) is 18.2 Å². The predicted octanol–water partition coefficient (Wildman–Crippen LogP) is 3.16. The molecule has 2 aromatic heterocycles. The summed E-state index contributed by atoms with van der Waals surface area (Å²) in [6, 6.07) is 11.1. The summed E-state index contributed by atoms with van der Waals surface area (Å²) in [4.78, 5) is 8.45. The molecule has 2 aromatic carbocycles. The van der Waals surface area contributed by atoms with Crippen LogP contribution in [-0.2, 0) is 0 Å². The maximum atomic E-state index is 13.8. The molecule has 6 heteroatoms. The van der Waals surface area contributed by atoms with E-state index in [9.17, 15) is 8.78 Å². The minimum Gasteiger partial charge on any atom is -0.273 e. The molecule has 20 heavy (non-hydrogen) atoms. The zero-order chi connectivity index (χ0) is 13.7. The number of nitrogens with zero attached hydrogens (tertiary/aromatic N) is 3. The summed E-state index contributed by atoms with van der Waals surface area (Å²) in [7, 11) is 0. The Morgan fingerprint density at radius 2 is 1.65 bits per heavy atom. The Morgan fingerprint density at radius 1 is 0.900 bits per heavy atom. The van der Waals surface area contributed by atoms with E-state index < -0.39 is 11.6 Å². The molecule has 0 bridgehead atoms. The van der Waals surface area contributed by atoms with Crippen molar-refractivity contribution < 1.29 is 8.78 Å². The van der Waals surface area contributed by atoms with E-state index in [1.165, 1.54) is 18.2 Å². The van der Waals surface area contributed by atoms with Gasteiger partial charge >= 0.3 is 0 Å². The Bertz CT molecular complexity index is 919. The zero-order valence-corrected chi connectivity index (χ0v) is 10.1. The fourth-order valence-corrected chi connectivity index (χ4v) is 2.27. The monoisotopic (exact) mass is 270 g/mol. The Morgan fingerprint density at radius 3 is 2.45 bits per heavy atom. The quantitative estimate of drug-likeness (QED) is 0.577. The third-order valence-electron chi connectivity index (χ3n) is 3.17. The lowest BCUT2D eigenvalue weighted by Gasteiger charge is -2.00. The van der Waals surface area contributed by atoms with Crippen molar-refractivity contribution in [3.8, 4) is 11.4 Å². The normalized spacial score (nSPS) is 11.5. The number of hydrogen-bond donors (Lipinski definition) is 1. The predicted molar refractivity (Wildman–Crippen MR) is 70.2 cm³/mol. The summed E-state index contributed by atoms with van der Waals surface area (Å²) in [6.07, 6.45) is 0. The number of H-pyrrole nitrogens is 1. The van der Waals surface area contributed by atoms with Crippen molar-refractivity contribution in [2.24, 2.45) is 0 Å². The standard InChI is InChI=1S/C14H8F2N4/c15-8-4-3-5-9(16)12(8)13-18-14-17-10-6-1-2-7-11(10)20(14)19-13/h1-7H,(H,17,18,19). The molecular formula is C14H8F2N4. The number of imidazole rings is 1. The summed E-state index contributed by atoms with van der Waals surface area (Å²) in [5.41, 5.74) is 1.40. The molecule has 1 N–H and O–H groups in total. The number of nitrogens with one attached hydrogen (secondary N) is 1. The molecule has 0 radical (unpaired) electrons. The molecular weight excluding hydrogens is 262 g/mol. The van der Waals surface area contributed by atoms with E-state index in [4.69, 9.17) is 0 Å². The van der Waals surface area contributed by atoms with Crippen LogP contribution in [0.4, 0.5) is 8.78 Å². The molecule has 98 valence electrons. The van der Waals surface area contributed by atoms with Crippen molar-refractivity contribution in [3.05, 3.63) is 54.1 Å². The van der Waals surface area contributed by atoms with Gasteiger partial charge in [0.15, 0.2) is 5.82 Å². The summed E-state index contributed by atoms with van der Waals surface area (Å²) in [6.45, 7) is 0. The van der Waals surface area contributed by atoms with E-state index in [-0.39, 0.29) is 11.4 Å². The summed E-state index contributed by atoms with van der Waals surface area (Å²) in [5, 5.41) is 2.88. The molecule has 0 aliphatic rings. The smallest absolute Gasteiger partial charge is 0.252 e. The maximum absolute atomic E-state index is 13.8. The Balaban J connectivity index is 2.02. The number of aromatic amines is 1. The maximum Gasteiger partial charge on any atom is 0.252 e. The molecule has 4 rings (SSSR count). The van der Waals surface area contributed by atoms with E-state index in [2.05, 4.69) is 15.1 Å². The number of fused-ring (bicyclic) bond motifs is 3. The highest BCUT2D eigenvalue weighted by atomic mass is 19.1. The van der Waals surface area contributed by atoms with Crippen LogP contribution in [0.5, 0.6) is 0 Å². The number of para-hydroxylation sites is 2. The number of benzene rings is 2. The molecule has 0 aliphatic carbocycles. The zero-order valence-electron chi connectivity index (χ0n) is 10.1. The second-order valence-corrected chi connectivity index (χ2v) is 4.40. The van der Waals surface area contributed by atoms with E-state index in [1.54, 1.807) is 4.52 Å². The first-order chi connectivity index (χ1) is 9.74. The molecule has 0 spiro atoms. The van der Waals surface area contributed by atoms with Crippen molar-refractivity contribution in [2.75, 3.05) is 0 Å². The third kappa shape index (κ3) is 1.45. The summed E-state index contributed by atoms with van der Waals surface area (Å²) >= 11 is 0. The molecule has 0 unspecified atom stereocenters. The van der Waals surface area contributed by atoms with Gasteiger partial charge in [0.2, 0.25) is 0 Å². The topological polar surface area (TPSA) is 46.0 Å². The summed E-state index contributed by atoms with van der Waals surface area (Å²) in [5.74, 6) is -0.824. The van der Waals surface area contributed by atoms with Crippen molar-refractivity contribution in [2.45, 2.75) is 0 Å². The number of aromatic nitrogens is 4. The molecule has 0 aliphatic heterocycles. The van der Waals surface area contributed by atoms with Crippen LogP contribution in [0.3, 0.4) is 0 Å². The van der Waals surface area contributed by atoms with Gasteiger partial charge in [-0.2, -0.15) is 4.98 Å². The first-order valence-corrected chi connectivity index (χ1v) is 6.01. The molecule has 0 saturated carbocycles. The van der Waals surface area contributed by atoms with Gasteiger partial charge in [0.05, 0.1) is 16.6 Å². The van der Waals surface area contributed by atoms with Gasteiger partial charge in [0.1, 0.15) is 11.6 Å². The SMILES string of the molecule is Fc1cccc(F)c1-c1nc2nc3ccccc3n2[nH]1. The molecule has 4 aromatic rings. The molecule has 2 heterocycles.